The molecule has 7 nitrogen and oxygen atoms in total. The molecular formula is C28H27N3O4S. The van der Waals surface area contributed by atoms with Crippen LogP contribution in [0.15, 0.2) is 54.1 Å². The maximum absolute atomic E-state index is 13.6. The van der Waals surface area contributed by atoms with Crippen LogP contribution < -0.4 is 4.90 Å². The van der Waals surface area contributed by atoms with Gasteiger partial charge in [0, 0.05) is 24.1 Å². The van der Waals surface area contributed by atoms with Gasteiger partial charge in [-0.2, -0.15) is 0 Å². The van der Waals surface area contributed by atoms with Crippen molar-refractivity contribution in [1.82, 2.24) is 9.47 Å². The van der Waals surface area contributed by atoms with Gasteiger partial charge in [0.2, 0.25) is 0 Å². The van der Waals surface area contributed by atoms with Crippen LogP contribution in [0.3, 0.4) is 0 Å². The Morgan fingerprint density at radius 2 is 1.53 bits per heavy atom. The molecule has 0 atom stereocenters. The van der Waals surface area contributed by atoms with Gasteiger partial charge in [-0.05, 0) is 105 Å². The Morgan fingerprint density at radius 3 is 2.14 bits per heavy atom. The Labute approximate surface area is 215 Å². The minimum atomic E-state index is -0.523. The number of rotatable bonds is 4. The van der Waals surface area contributed by atoms with E-state index in [2.05, 4.69) is 36.6 Å². The van der Waals surface area contributed by atoms with E-state index in [0.29, 0.717) is 11.3 Å². The minimum absolute atomic E-state index is 0.00322. The summed E-state index contributed by atoms with van der Waals surface area (Å²) in [5, 5.41) is 0.0635. The zero-order valence-corrected chi connectivity index (χ0v) is 21.9. The highest BCUT2D eigenvalue weighted by molar-refractivity contribution is 7.80. The summed E-state index contributed by atoms with van der Waals surface area (Å²) < 4.78 is 6.84. The number of carbonyl (C=O) groups is 3. The highest BCUT2D eigenvalue weighted by atomic mass is 32.1. The fraction of sp³-hybridized carbons (Fsp3) is 0.214. The number of ether oxygens (including phenoxy) is 1. The topological polar surface area (TPSA) is 71.8 Å². The average Bonchev–Trinajstić information content (AvgIpc) is 3.14. The molecule has 2 amide bonds. The van der Waals surface area contributed by atoms with Crippen LogP contribution >= 0.6 is 12.2 Å². The Morgan fingerprint density at radius 1 is 0.889 bits per heavy atom. The molecule has 2 heterocycles. The van der Waals surface area contributed by atoms with E-state index in [4.69, 9.17) is 17.0 Å². The Kier molecular flexibility index (Phi) is 6.65. The molecule has 0 unspecified atom stereocenters. The molecule has 1 aliphatic rings. The number of esters is 1. The molecule has 0 bridgehead atoms. The first-order valence-electron chi connectivity index (χ1n) is 11.4. The number of nitrogens with zero attached hydrogens (tertiary/aromatic N) is 3. The van der Waals surface area contributed by atoms with E-state index < -0.39 is 17.8 Å². The minimum Gasteiger partial charge on any atom is -0.465 e. The predicted octanol–water partition coefficient (Wildman–Crippen LogP) is 4.67. The number of hydrogen-bond donors (Lipinski definition) is 0. The van der Waals surface area contributed by atoms with Gasteiger partial charge in [0.25, 0.3) is 11.8 Å². The summed E-state index contributed by atoms with van der Waals surface area (Å²) in [6.07, 6.45) is 1.62. The predicted molar refractivity (Wildman–Crippen MR) is 143 cm³/mol. The maximum atomic E-state index is 13.6. The molecule has 0 aliphatic carbocycles. The van der Waals surface area contributed by atoms with Crippen LogP contribution in [0, 0.1) is 27.7 Å². The normalized spacial score (nSPS) is 15.2. The van der Waals surface area contributed by atoms with Crippen molar-refractivity contribution in [2.75, 3.05) is 19.1 Å². The molecule has 0 spiro atoms. The number of hydrogen-bond acceptors (Lipinski definition) is 5. The smallest absolute Gasteiger partial charge is 0.337 e. The number of benzene rings is 2. The molecule has 3 aromatic rings. The van der Waals surface area contributed by atoms with Gasteiger partial charge >= 0.3 is 5.97 Å². The molecule has 184 valence electrons. The molecule has 1 saturated heterocycles. The Balaban J connectivity index is 1.76. The van der Waals surface area contributed by atoms with Gasteiger partial charge in [-0.3, -0.25) is 19.4 Å². The highest BCUT2D eigenvalue weighted by Gasteiger charge is 2.38. The van der Waals surface area contributed by atoms with Crippen LogP contribution in [0.25, 0.3) is 11.8 Å². The second kappa shape index (κ2) is 9.54. The number of aryl methyl sites for hydroxylation is 3. The quantitative estimate of drug-likeness (QED) is 0.225. The summed E-state index contributed by atoms with van der Waals surface area (Å²) in [6.45, 7) is 8.09. The van der Waals surface area contributed by atoms with Gasteiger partial charge in [-0.1, -0.05) is 6.07 Å². The largest absolute Gasteiger partial charge is 0.465 e. The number of aromatic nitrogens is 1. The highest BCUT2D eigenvalue weighted by Crippen LogP contribution is 2.29. The number of anilines is 1. The number of amides is 2. The second-order valence-electron chi connectivity index (χ2n) is 8.81. The van der Waals surface area contributed by atoms with Crippen LogP contribution in [0.5, 0.6) is 0 Å². The summed E-state index contributed by atoms with van der Waals surface area (Å²) in [7, 11) is 2.84. The lowest BCUT2D eigenvalue weighted by atomic mass is 10.1. The fourth-order valence-corrected chi connectivity index (χ4v) is 4.55. The third-order valence-corrected chi connectivity index (χ3v) is 6.97. The van der Waals surface area contributed by atoms with E-state index in [1.807, 2.05) is 19.9 Å². The molecular weight excluding hydrogens is 474 g/mol. The molecule has 1 fully saturated rings. The zero-order valence-electron chi connectivity index (χ0n) is 21.1. The summed E-state index contributed by atoms with van der Waals surface area (Å²) in [5.74, 6) is -1.48. The molecule has 0 radical (unpaired) electrons. The van der Waals surface area contributed by atoms with Gasteiger partial charge in [0.1, 0.15) is 5.57 Å². The zero-order chi connectivity index (χ0) is 26.3. The third kappa shape index (κ3) is 4.24. The molecule has 8 heteroatoms. The van der Waals surface area contributed by atoms with Crippen LogP contribution in [0.2, 0.25) is 0 Å². The number of thiocarbonyl (C=S) groups is 1. The van der Waals surface area contributed by atoms with Crippen molar-refractivity contribution in [3.63, 3.8) is 0 Å². The van der Waals surface area contributed by atoms with Gasteiger partial charge in [-0.15, -0.1) is 0 Å². The lowest BCUT2D eigenvalue weighted by Crippen LogP contribution is -2.54. The van der Waals surface area contributed by atoms with Crippen LogP contribution in [-0.2, 0) is 14.3 Å². The van der Waals surface area contributed by atoms with Crippen LogP contribution in [0.4, 0.5) is 5.69 Å². The fourth-order valence-electron chi connectivity index (χ4n) is 4.28. The molecule has 36 heavy (non-hydrogen) atoms. The lowest BCUT2D eigenvalue weighted by molar-refractivity contribution is -0.127. The van der Waals surface area contributed by atoms with Crippen molar-refractivity contribution >= 4 is 46.9 Å². The van der Waals surface area contributed by atoms with E-state index in [-0.39, 0.29) is 10.7 Å². The summed E-state index contributed by atoms with van der Waals surface area (Å²) in [6, 6.07) is 14.5. The molecule has 1 aromatic heterocycles. The molecule has 0 N–H and O–H groups in total. The first kappa shape index (κ1) is 25.1. The first-order chi connectivity index (χ1) is 17.0. The van der Waals surface area contributed by atoms with Crippen molar-refractivity contribution in [3.05, 3.63) is 87.7 Å². The number of methoxy groups -OCH3 is 1. The van der Waals surface area contributed by atoms with Crippen molar-refractivity contribution in [3.8, 4) is 5.69 Å². The van der Waals surface area contributed by atoms with Crippen molar-refractivity contribution in [2.45, 2.75) is 27.7 Å². The first-order valence-corrected chi connectivity index (χ1v) is 11.8. The summed E-state index contributed by atoms with van der Waals surface area (Å²) in [4.78, 5) is 41.0. The van der Waals surface area contributed by atoms with E-state index in [9.17, 15) is 14.4 Å². The van der Waals surface area contributed by atoms with Gasteiger partial charge in [-0.25, -0.2) is 4.79 Å². The van der Waals surface area contributed by atoms with Gasteiger partial charge in [0.05, 0.1) is 18.4 Å². The van der Waals surface area contributed by atoms with Crippen molar-refractivity contribution < 1.29 is 19.1 Å². The van der Waals surface area contributed by atoms with Gasteiger partial charge in [0.15, 0.2) is 5.11 Å². The summed E-state index contributed by atoms with van der Waals surface area (Å²) >= 11 is 5.44. The van der Waals surface area contributed by atoms with Crippen LogP contribution in [-0.4, -0.2) is 46.5 Å². The Bertz CT molecular complexity index is 1450. The number of likely N-dealkylation sites (N-methyl/N-ethyl adjacent to an activating group) is 1. The molecule has 1 aliphatic heterocycles. The number of carbonyl (C=O) groups excluding carboxylic acids is 3. The molecule has 4 rings (SSSR count). The van der Waals surface area contributed by atoms with E-state index in [0.717, 1.165) is 22.6 Å². The SMILES string of the molecule is COC(=O)c1ccc(N2C(=O)/C(=C\c3cc(C)n(-c4ccc(C)c(C)c4)c3C)C(=O)N(C)C2=S)cc1. The van der Waals surface area contributed by atoms with Crippen molar-refractivity contribution in [1.29, 1.82) is 0 Å². The third-order valence-electron chi connectivity index (χ3n) is 6.51. The summed E-state index contributed by atoms with van der Waals surface area (Å²) in [5.41, 5.74) is 6.87. The molecule has 2 aromatic carbocycles. The van der Waals surface area contributed by atoms with E-state index in [1.54, 1.807) is 37.4 Å². The van der Waals surface area contributed by atoms with E-state index >= 15 is 0 Å². The Hall–Kier alpha value is -4.04. The van der Waals surface area contributed by atoms with Gasteiger partial charge < -0.3 is 9.30 Å². The standard InChI is InChI=1S/C28H27N3O4S/c1-16-7-10-23(13-17(16)2)30-18(3)14-21(19(30)4)15-24-25(32)29(5)28(36)31(26(24)33)22-11-8-20(9-12-22)27(34)35-6/h7-15H,1-6H3/b24-15-. The van der Waals surface area contributed by atoms with Crippen molar-refractivity contribution in [2.24, 2.45) is 0 Å². The monoisotopic (exact) mass is 501 g/mol. The lowest BCUT2D eigenvalue weighted by Gasteiger charge is -2.34. The van der Waals surface area contributed by atoms with Crippen LogP contribution in [0.1, 0.15) is 38.4 Å². The maximum Gasteiger partial charge on any atom is 0.337 e. The molecule has 0 saturated carbocycles. The van der Waals surface area contributed by atoms with E-state index in [1.165, 1.54) is 28.0 Å². The average molecular weight is 502 g/mol. The second-order valence-corrected chi connectivity index (χ2v) is 9.18.